The van der Waals surface area contributed by atoms with Crippen LogP contribution in [-0.4, -0.2) is 31.6 Å². The highest BCUT2D eigenvalue weighted by Crippen LogP contribution is 2.35. The number of carbonyl (C=O) groups is 2. The number of Topliss-reactive ketones (excluding diaryl/α,β-unsaturated/α-hetero) is 1. The van der Waals surface area contributed by atoms with Gasteiger partial charge in [-0.25, -0.2) is 0 Å². The van der Waals surface area contributed by atoms with E-state index < -0.39 is 5.41 Å². The molecule has 0 aromatic rings. The number of carbonyl (C=O) groups excluding carboxylic acids is 2. The normalized spacial score (nSPS) is 25.3. The van der Waals surface area contributed by atoms with Gasteiger partial charge in [-0.3, -0.25) is 9.59 Å². The molecule has 0 bridgehead atoms. The van der Waals surface area contributed by atoms with E-state index in [1.165, 1.54) is 6.92 Å². The summed E-state index contributed by atoms with van der Waals surface area (Å²) < 4.78 is 10.1. The van der Waals surface area contributed by atoms with Crippen LogP contribution in [0.15, 0.2) is 0 Å². The van der Waals surface area contributed by atoms with Gasteiger partial charge in [0.1, 0.15) is 11.2 Å². The molecule has 15 heavy (non-hydrogen) atoms. The van der Waals surface area contributed by atoms with Crippen LogP contribution in [0.1, 0.15) is 33.1 Å². The molecular weight excluding hydrogens is 196 g/mol. The van der Waals surface area contributed by atoms with Gasteiger partial charge in [-0.2, -0.15) is 0 Å². The molecule has 0 spiro atoms. The van der Waals surface area contributed by atoms with Crippen LogP contribution < -0.4 is 0 Å². The van der Waals surface area contributed by atoms with Crippen LogP contribution in [0.2, 0.25) is 0 Å². The Balaban J connectivity index is 2.51. The SMILES string of the molecule is CCOCCCC1(C(C)=O)CCOC1=O. The van der Waals surface area contributed by atoms with E-state index in [1.807, 2.05) is 6.92 Å². The Morgan fingerprint density at radius 3 is 2.80 bits per heavy atom. The van der Waals surface area contributed by atoms with Crippen molar-refractivity contribution >= 4 is 11.8 Å². The first-order chi connectivity index (χ1) is 7.13. The smallest absolute Gasteiger partial charge is 0.319 e. The van der Waals surface area contributed by atoms with Crippen molar-refractivity contribution in [1.82, 2.24) is 0 Å². The number of hydrogen-bond acceptors (Lipinski definition) is 4. The minimum Gasteiger partial charge on any atom is -0.465 e. The van der Waals surface area contributed by atoms with Crippen molar-refractivity contribution in [1.29, 1.82) is 0 Å². The summed E-state index contributed by atoms with van der Waals surface area (Å²) in [5.41, 5.74) is -0.878. The molecule has 4 heteroatoms. The van der Waals surface area contributed by atoms with E-state index >= 15 is 0 Å². The lowest BCUT2D eigenvalue weighted by atomic mass is 9.78. The van der Waals surface area contributed by atoms with E-state index in [0.29, 0.717) is 32.7 Å². The molecule has 0 N–H and O–H groups in total. The fraction of sp³-hybridized carbons (Fsp3) is 0.818. The summed E-state index contributed by atoms with van der Waals surface area (Å²) in [6.45, 7) is 5.02. The van der Waals surface area contributed by atoms with Gasteiger partial charge in [0, 0.05) is 19.6 Å². The van der Waals surface area contributed by atoms with E-state index in [1.54, 1.807) is 0 Å². The maximum absolute atomic E-state index is 11.5. The minimum absolute atomic E-state index is 0.0819. The van der Waals surface area contributed by atoms with Crippen LogP contribution in [0.4, 0.5) is 0 Å². The summed E-state index contributed by atoms with van der Waals surface area (Å²) in [5.74, 6) is -0.437. The Labute approximate surface area is 89.9 Å². The molecule has 1 unspecified atom stereocenters. The van der Waals surface area contributed by atoms with Crippen LogP contribution in [-0.2, 0) is 19.1 Å². The maximum atomic E-state index is 11.5. The van der Waals surface area contributed by atoms with Crippen LogP contribution >= 0.6 is 0 Å². The van der Waals surface area contributed by atoms with Gasteiger partial charge in [-0.15, -0.1) is 0 Å². The number of cyclic esters (lactones) is 1. The summed E-state index contributed by atoms with van der Waals surface area (Å²) in [7, 11) is 0. The average molecular weight is 214 g/mol. The first kappa shape index (κ1) is 12.2. The van der Waals surface area contributed by atoms with Crippen LogP contribution in [0.5, 0.6) is 0 Å². The maximum Gasteiger partial charge on any atom is 0.319 e. The van der Waals surface area contributed by atoms with Gasteiger partial charge in [0.2, 0.25) is 0 Å². The van der Waals surface area contributed by atoms with E-state index in [4.69, 9.17) is 9.47 Å². The van der Waals surface area contributed by atoms with Crippen LogP contribution in [0, 0.1) is 5.41 Å². The van der Waals surface area contributed by atoms with E-state index in [0.717, 1.165) is 6.42 Å². The molecule has 1 aliphatic rings. The summed E-state index contributed by atoms with van der Waals surface area (Å²) in [6.07, 6.45) is 1.79. The van der Waals surface area contributed by atoms with Crippen LogP contribution in [0.3, 0.4) is 0 Å². The zero-order valence-corrected chi connectivity index (χ0v) is 9.38. The second-order valence-corrected chi connectivity index (χ2v) is 3.82. The molecule has 0 saturated carbocycles. The molecule has 0 aromatic carbocycles. The molecule has 1 fully saturated rings. The van der Waals surface area contributed by atoms with Gasteiger partial charge in [-0.05, 0) is 26.7 Å². The summed E-state index contributed by atoms with van der Waals surface area (Å²) in [5, 5.41) is 0. The number of rotatable bonds is 6. The molecule has 1 rings (SSSR count). The molecule has 0 radical (unpaired) electrons. The Morgan fingerprint density at radius 1 is 1.60 bits per heavy atom. The first-order valence-corrected chi connectivity index (χ1v) is 5.39. The van der Waals surface area contributed by atoms with Crippen molar-refractivity contribution in [2.24, 2.45) is 5.41 Å². The fourth-order valence-electron chi connectivity index (χ4n) is 1.90. The number of esters is 1. The van der Waals surface area contributed by atoms with Crippen molar-refractivity contribution in [3.63, 3.8) is 0 Å². The molecular formula is C11H18O4. The number of hydrogen-bond donors (Lipinski definition) is 0. The molecule has 1 aliphatic heterocycles. The van der Waals surface area contributed by atoms with Gasteiger partial charge < -0.3 is 9.47 Å². The Bertz CT molecular complexity index is 249. The molecule has 1 atom stereocenters. The lowest BCUT2D eigenvalue weighted by Crippen LogP contribution is -2.34. The van der Waals surface area contributed by atoms with Gasteiger partial charge in [0.05, 0.1) is 6.61 Å². The van der Waals surface area contributed by atoms with Crippen molar-refractivity contribution in [3.8, 4) is 0 Å². The Kier molecular flexibility index (Phi) is 4.27. The van der Waals surface area contributed by atoms with Crippen molar-refractivity contribution in [2.45, 2.75) is 33.1 Å². The second kappa shape index (κ2) is 5.26. The summed E-state index contributed by atoms with van der Waals surface area (Å²) >= 11 is 0. The van der Waals surface area contributed by atoms with Gasteiger partial charge in [-0.1, -0.05) is 0 Å². The number of ether oxygens (including phenoxy) is 2. The summed E-state index contributed by atoms with van der Waals surface area (Å²) in [4.78, 5) is 23.0. The highest BCUT2D eigenvalue weighted by Gasteiger charge is 2.48. The molecule has 86 valence electrons. The highest BCUT2D eigenvalue weighted by molar-refractivity contribution is 6.03. The third-order valence-electron chi connectivity index (χ3n) is 2.92. The monoisotopic (exact) mass is 214 g/mol. The number of ketones is 1. The molecule has 0 aromatic heterocycles. The lowest BCUT2D eigenvalue weighted by molar-refractivity contribution is -0.151. The molecule has 0 aliphatic carbocycles. The zero-order chi connectivity index (χ0) is 11.3. The van der Waals surface area contributed by atoms with E-state index in [2.05, 4.69) is 0 Å². The Morgan fingerprint density at radius 2 is 2.33 bits per heavy atom. The second-order valence-electron chi connectivity index (χ2n) is 3.82. The predicted molar refractivity (Wildman–Crippen MR) is 54.4 cm³/mol. The topological polar surface area (TPSA) is 52.6 Å². The first-order valence-electron chi connectivity index (χ1n) is 5.39. The quantitative estimate of drug-likeness (QED) is 0.380. The van der Waals surface area contributed by atoms with Gasteiger partial charge in [0.25, 0.3) is 0 Å². The largest absolute Gasteiger partial charge is 0.465 e. The van der Waals surface area contributed by atoms with Crippen molar-refractivity contribution in [3.05, 3.63) is 0 Å². The fourth-order valence-corrected chi connectivity index (χ4v) is 1.90. The predicted octanol–water partition coefficient (Wildman–Crippen LogP) is 1.33. The third kappa shape index (κ3) is 2.56. The highest BCUT2D eigenvalue weighted by atomic mass is 16.5. The molecule has 4 nitrogen and oxygen atoms in total. The van der Waals surface area contributed by atoms with E-state index in [-0.39, 0.29) is 11.8 Å². The van der Waals surface area contributed by atoms with Crippen molar-refractivity contribution in [2.75, 3.05) is 19.8 Å². The van der Waals surface area contributed by atoms with Crippen molar-refractivity contribution < 1.29 is 19.1 Å². The standard InChI is InChI=1S/C11H18O4/c1-3-14-7-4-5-11(9(2)12)6-8-15-10(11)13/h3-8H2,1-2H3. The molecule has 1 saturated heterocycles. The molecule has 0 amide bonds. The average Bonchev–Trinajstić information content (AvgIpc) is 2.56. The van der Waals surface area contributed by atoms with Gasteiger partial charge >= 0.3 is 5.97 Å². The van der Waals surface area contributed by atoms with Gasteiger partial charge in [0.15, 0.2) is 0 Å². The van der Waals surface area contributed by atoms with Crippen LogP contribution in [0.25, 0.3) is 0 Å². The zero-order valence-electron chi connectivity index (χ0n) is 9.38. The molecule has 1 heterocycles. The third-order valence-corrected chi connectivity index (χ3v) is 2.92. The summed E-state index contributed by atoms with van der Waals surface area (Å²) in [6, 6.07) is 0. The lowest BCUT2D eigenvalue weighted by Gasteiger charge is -2.20. The Hall–Kier alpha value is -0.900. The van der Waals surface area contributed by atoms with E-state index in [9.17, 15) is 9.59 Å². The minimum atomic E-state index is -0.878.